The first-order valence-electron chi connectivity index (χ1n) is 8.36. The zero-order valence-corrected chi connectivity index (χ0v) is 15.8. The second-order valence-electron chi connectivity index (χ2n) is 5.56. The molecule has 2 amide bonds. The van der Waals surface area contributed by atoms with Crippen molar-refractivity contribution in [2.24, 2.45) is 0 Å². The molecule has 0 atom stereocenters. The van der Waals surface area contributed by atoms with Gasteiger partial charge in [0, 0.05) is 17.1 Å². The molecule has 0 aliphatic heterocycles. The number of hydrogen-bond acceptors (Lipinski definition) is 5. The summed E-state index contributed by atoms with van der Waals surface area (Å²) in [6.45, 7) is 2.06. The van der Waals surface area contributed by atoms with E-state index >= 15 is 0 Å². The topological polar surface area (TPSA) is 71.8 Å². The fourth-order valence-electron chi connectivity index (χ4n) is 2.28. The Morgan fingerprint density at radius 1 is 1.25 bits per heavy atom. The summed E-state index contributed by atoms with van der Waals surface area (Å²) >= 11 is -0.267. The molecule has 0 fully saturated rings. The Hall–Kier alpha value is -2.62. The Balaban J connectivity index is 2.06. The average molecular weight is 416 g/mol. The standard InChI is InChI=1S/C18H19F3N2O4S/c1-2-26-16(24)8-9-23(12-14-6-4-10-27-14)17(25)22-13-5-3-7-15(11-13)28-18(19,20)21/h3-7,10-11H,2,8-9,12H2,1H3,(H,22,25). The number of furan rings is 1. The molecule has 0 unspecified atom stereocenters. The summed E-state index contributed by atoms with van der Waals surface area (Å²) in [5.41, 5.74) is -4.21. The maximum absolute atomic E-state index is 12.6. The fraction of sp³-hybridized carbons (Fsp3) is 0.333. The van der Waals surface area contributed by atoms with E-state index in [1.54, 1.807) is 19.1 Å². The van der Waals surface area contributed by atoms with Crippen LogP contribution in [0.15, 0.2) is 52.0 Å². The van der Waals surface area contributed by atoms with Crippen molar-refractivity contribution >= 4 is 29.4 Å². The van der Waals surface area contributed by atoms with E-state index in [2.05, 4.69) is 5.32 Å². The van der Waals surface area contributed by atoms with Crippen LogP contribution in [0.3, 0.4) is 0 Å². The minimum Gasteiger partial charge on any atom is -0.467 e. The number of nitrogens with one attached hydrogen (secondary N) is 1. The Kier molecular flexibility index (Phi) is 7.80. The normalized spacial score (nSPS) is 11.1. The summed E-state index contributed by atoms with van der Waals surface area (Å²) in [7, 11) is 0. The zero-order chi connectivity index (χ0) is 20.6. The number of esters is 1. The van der Waals surface area contributed by atoms with Gasteiger partial charge in [0.2, 0.25) is 0 Å². The van der Waals surface area contributed by atoms with Crippen molar-refractivity contribution in [2.45, 2.75) is 30.3 Å². The van der Waals surface area contributed by atoms with E-state index in [0.717, 1.165) is 0 Å². The number of rotatable bonds is 8. The predicted octanol–water partition coefficient (Wildman–Crippen LogP) is 4.88. The van der Waals surface area contributed by atoms with Crippen LogP contribution >= 0.6 is 11.8 Å². The minimum absolute atomic E-state index is 0.0219. The maximum atomic E-state index is 12.6. The largest absolute Gasteiger partial charge is 0.467 e. The number of nitrogens with zero attached hydrogens (tertiary/aromatic N) is 1. The van der Waals surface area contributed by atoms with Gasteiger partial charge in [0.1, 0.15) is 5.76 Å². The second kappa shape index (κ2) is 10.1. The van der Waals surface area contributed by atoms with Crippen LogP contribution in [-0.2, 0) is 16.1 Å². The molecule has 0 bridgehead atoms. The lowest BCUT2D eigenvalue weighted by atomic mass is 10.3. The van der Waals surface area contributed by atoms with Gasteiger partial charge in [0.15, 0.2) is 0 Å². The highest BCUT2D eigenvalue weighted by atomic mass is 32.2. The van der Waals surface area contributed by atoms with E-state index in [4.69, 9.17) is 9.15 Å². The number of carbonyl (C=O) groups excluding carboxylic acids is 2. The van der Waals surface area contributed by atoms with Crippen molar-refractivity contribution in [1.29, 1.82) is 0 Å². The molecule has 2 aromatic rings. The Bertz CT molecular complexity index is 781. The van der Waals surface area contributed by atoms with Crippen molar-refractivity contribution in [3.63, 3.8) is 0 Å². The third-order valence-electron chi connectivity index (χ3n) is 3.42. The molecule has 0 aliphatic rings. The summed E-state index contributed by atoms with van der Waals surface area (Å²) in [5, 5.41) is 2.55. The van der Waals surface area contributed by atoms with Gasteiger partial charge in [0.25, 0.3) is 0 Å². The van der Waals surface area contributed by atoms with Crippen LogP contribution in [0.25, 0.3) is 0 Å². The molecule has 1 aromatic carbocycles. The van der Waals surface area contributed by atoms with Crippen LogP contribution < -0.4 is 5.32 Å². The highest BCUT2D eigenvalue weighted by molar-refractivity contribution is 8.00. The number of halogens is 3. The molecule has 1 aromatic heterocycles. The molecule has 1 heterocycles. The summed E-state index contributed by atoms with van der Waals surface area (Å²) in [4.78, 5) is 25.5. The number of benzene rings is 1. The first kappa shape index (κ1) is 21.7. The van der Waals surface area contributed by atoms with Gasteiger partial charge < -0.3 is 19.4 Å². The summed E-state index contributed by atoms with van der Waals surface area (Å²) in [6, 6.07) is 8.19. The third kappa shape index (κ3) is 7.55. The molecule has 2 rings (SSSR count). The Morgan fingerprint density at radius 3 is 2.68 bits per heavy atom. The van der Waals surface area contributed by atoms with Crippen molar-refractivity contribution in [3.8, 4) is 0 Å². The van der Waals surface area contributed by atoms with Crippen molar-refractivity contribution in [3.05, 3.63) is 48.4 Å². The van der Waals surface area contributed by atoms with Crippen molar-refractivity contribution in [1.82, 2.24) is 4.90 Å². The lowest BCUT2D eigenvalue weighted by molar-refractivity contribution is -0.143. The molecule has 0 spiro atoms. The van der Waals surface area contributed by atoms with Crippen LogP contribution in [0.5, 0.6) is 0 Å². The van der Waals surface area contributed by atoms with E-state index < -0.39 is 17.5 Å². The third-order valence-corrected chi connectivity index (χ3v) is 4.15. The number of thioether (sulfide) groups is 1. The Morgan fingerprint density at radius 2 is 2.04 bits per heavy atom. The molecule has 28 heavy (non-hydrogen) atoms. The van der Waals surface area contributed by atoms with Gasteiger partial charge in [-0.2, -0.15) is 13.2 Å². The van der Waals surface area contributed by atoms with Crippen molar-refractivity contribution in [2.75, 3.05) is 18.5 Å². The number of ether oxygens (including phenoxy) is 1. The molecule has 0 aliphatic carbocycles. The number of alkyl halides is 3. The van der Waals surface area contributed by atoms with E-state index in [1.165, 1.54) is 35.4 Å². The SMILES string of the molecule is CCOC(=O)CCN(Cc1ccco1)C(=O)Nc1cccc(SC(F)(F)F)c1. The van der Waals surface area contributed by atoms with Gasteiger partial charge in [-0.05, 0) is 49.0 Å². The van der Waals surface area contributed by atoms with Gasteiger partial charge in [-0.1, -0.05) is 6.07 Å². The van der Waals surface area contributed by atoms with E-state index in [1.807, 2.05) is 0 Å². The number of anilines is 1. The number of urea groups is 1. The Labute approximate surface area is 164 Å². The molecule has 0 saturated carbocycles. The lowest BCUT2D eigenvalue weighted by Gasteiger charge is -2.22. The number of hydrogen-bond donors (Lipinski definition) is 1. The molecule has 1 N–H and O–H groups in total. The molecule has 152 valence electrons. The van der Waals surface area contributed by atoms with E-state index in [9.17, 15) is 22.8 Å². The van der Waals surface area contributed by atoms with Crippen LogP contribution in [0.1, 0.15) is 19.1 Å². The molecule has 0 radical (unpaired) electrons. The van der Waals surface area contributed by atoms with Gasteiger partial charge in [-0.15, -0.1) is 0 Å². The zero-order valence-electron chi connectivity index (χ0n) is 15.0. The molecule has 6 nitrogen and oxygen atoms in total. The quantitative estimate of drug-likeness (QED) is 0.491. The summed E-state index contributed by atoms with van der Waals surface area (Å²) < 4.78 is 47.7. The van der Waals surface area contributed by atoms with E-state index in [-0.39, 0.29) is 48.5 Å². The average Bonchev–Trinajstić information content (AvgIpc) is 3.10. The van der Waals surface area contributed by atoms with Gasteiger partial charge in [-0.25, -0.2) is 4.79 Å². The minimum atomic E-state index is -4.42. The van der Waals surface area contributed by atoms with Gasteiger partial charge in [-0.3, -0.25) is 4.79 Å². The maximum Gasteiger partial charge on any atom is 0.446 e. The monoisotopic (exact) mass is 416 g/mol. The smallest absolute Gasteiger partial charge is 0.446 e. The summed E-state index contributed by atoms with van der Waals surface area (Å²) in [6.07, 6.45) is 1.43. The highest BCUT2D eigenvalue weighted by Gasteiger charge is 2.29. The lowest BCUT2D eigenvalue weighted by Crippen LogP contribution is -2.36. The molecule has 0 saturated heterocycles. The fourth-order valence-corrected chi connectivity index (χ4v) is 2.88. The number of carbonyl (C=O) groups is 2. The van der Waals surface area contributed by atoms with Gasteiger partial charge in [0.05, 0.1) is 25.8 Å². The predicted molar refractivity (Wildman–Crippen MR) is 97.7 cm³/mol. The van der Waals surface area contributed by atoms with Crippen molar-refractivity contribution < 1.29 is 31.9 Å². The molecule has 10 heteroatoms. The van der Waals surface area contributed by atoms with Crippen LogP contribution in [-0.4, -0.2) is 35.6 Å². The number of amides is 2. The first-order chi connectivity index (χ1) is 13.3. The van der Waals surface area contributed by atoms with Gasteiger partial charge >= 0.3 is 17.5 Å². The summed E-state index contributed by atoms with van der Waals surface area (Å²) in [5.74, 6) is 0.0451. The van der Waals surface area contributed by atoms with Crippen LogP contribution in [0, 0.1) is 0 Å². The van der Waals surface area contributed by atoms with Crippen LogP contribution in [0.4, 0.5) is 23.7 Å². The van der Waals surface area contributed by atoms with E-state index in [0.29, 0.717) is 5.76 Å². The molecular formula is C18H19F3N2O4S. The molecular weight excluding hydrogens is 397 g/mol. The second-order valence-corrected chi connectivity index (χ2v) is 6.70. The highest BCUT2D eigenvalue weighted by Crippen LogP contribution is 2.37. The van der Waals surface area contributed by atoms with Crippen LogP contribution in [0.2, 0.25) is 0 Å². The first-order valence-corrected chi connectivity index (χ1v) is 9.18.